The molecule has 0 bridgehead atoms. The third kappa shape index (κ3) is 9.31. The molecule has 1 saturated heterocycles. The lowest BCUT2D eigenvalue weighted by molar-refractivity contribution is -0.0650. The molecule has 0 aromatic heterocycles. The molecule has 1 N–H and O–H groups in total. The van der Waals surface area contributed by atoms with E-state index in [1.807, 2.05) is 78.9 Å². The van der Waals surface area contributed by atoms with Crippen LogP contribution in [0.3, 0.4) is 0 Å². The molecule has 3 atom stereocenters. The van der Waals surface area contributed by atoms with Crippen molar-refractivity contribution < 1.29 is 28.4 Å². The molecule has 4 aromatic carbocycles. The molecule has 7 nitrogen and oxygen atoms in total. The first kappa shape index (κ1) is 31.5. The topological polar surface area (TPSA) is 67.4 Å². The van der Waals surface area contributed by atoms with Crippen LogP contribution >= 0.6 is 0 Å². The van der Waals surface area contributed by atoms with Gasteiger partial charge in [0.05, 0.1) is 59.5 Å². The maximum Gasteiger partial charge on any atom is 0.119 e. The van der Waals surface area contributed by atoms with E-state index in [0.29, 0.717) is 33.0 Å². The highest BCUT2D eigenvalue weighted by atomic mass is 16.5. The van der Waals surface area contributed by atoms with Crippen LogP contribution in [-0.2, 0) is 34.0 Å². The minimum Gasteiger partial charge on any atom is -0.497 e. The normalized spacial score (nSPS) is 18.1. The van der Waals surface area contributed by atoms with Crippen molar-refractivity contribution in [3.05, 3.63) is 125 Å². The largest absolute Gasteiger partial charge is 0.497 e. The van der Waals surface area contributed by atoms with Crippen molar-refractivity contribution in [2.24, 2.45) is 0 Å². The fraction of sp³-hybridized carbons (Fsp3) is 0.351. The summed E-state index contributed by atoms with van der Waals surface area (Å²) in [5.41, 5.74) is 4.55. The molecule has 1 fully saturated rings. The van der Waals surface area contributed by atoms with Gasteiger partial charge in [0.1, 0.15) is 17.2 Å². The van der Waals surface area contributed by atoms with Crippen molar-refractivity contribution in [3.8, 4) is 17.2 Å². The molecule has 1 heterocycles. The summed E-state index contributed by atoms with van der Waals surface area (Å²) in [4.78, 5) is 0. The highest BCUT2D eigenvalue weighted by molar-refractivity contribution is 5.32. The maximum absolute atomic E-state index is 6.54. The monoisotopic (exact) mass is 597 g/mol. The predicted molar refractivity (Wildman–Crippen MR) is 171 cm³/mol. The van der Waals surface area contributed by atoms with Gasteiger partial charge in [-0.05, 0) is 58.7 Å². The molecule has 7 heteroatoms. The molecule has 1 aliphatic rings. The number of methoxy groups -OCH3 is 2. The summed E-state index contributed by atoms with van der Waals surface area (Å²) in [6.07, 6.45) is 0.686. The summed E-state index contributed by atoms with van der Waals surface area (Å²) >= 11 is 0. The van der Waals surface area contributed by atoms with Crippen LogP contribution in [0.4, 0.5) is 0 Å². The van der Waals surface area contributed by atoms with Crippen molar-refractivity contribution >= 4 is 0 Å². The van der Waals surface area contributed by atoms with E-state index in [1.54, 1.807) is 14.2 Å². The molecular formula is C37H43NO6. The van der Waals surface area contributed by atoms with E-state index in [1.165, 1.54) is 11.1 Å². The van der Waals surface area contributed by atoms with Crippen LogP contribution in [0.2, 0.25) is 0 Å². The van der Waals surface area contributed by atoms with Gasteiger partial charge in [-0.3, -0.25) is 0 Å². The molecule has 0 aliphatic carbocycles. The third-order valence-electron chi connectivity index (χ3n) is 7.82. The zero-order chi connectivity index (χ0) is 30.4. The van der Waals surface area contributed by atoms with E-state index >= 15 is 0 Å². The van der Waals surface area contributed by atoms with Gasteiger partial charge in [0.15, 0.2) is 0 Å². The van der Waals surface area contributed by atoms with Gasteiger partial charge >= 0.3 is 0 Å². The Hall–Kier alpha value is -3.88. The molecule has 0 saturated carbocycles. The summed E-state index contributed by atoms with van der Waals surface area (Å²) in [5, 5.41) is 3.53. The number of hydrogen-bond acceptors (Lipinski definition) is 7. The molecule has 44 heavy (non-hydrogen) atoms. The number of hydrogen-bond donors (Lipinski definition) is 1. The molecule has 5 rings (SSSR count). The Morgan fingerprint density at radius 3 is 1.64 bits per heavy atom. The molecule has 4 aromatic rings. The Labute approximate surface area is 261 Å². The van der Waals surface area contributed by atoms with Crippen LogP contribution in [0.25, 0.3) is 0 Å². The maximum atomic E-state index is 6.54. The van der Waals surface area contributed by atoms with Crippen LogP contribution in [0.5, 0.6) is 17.2 Å². The van der Waals surface area contributed by atoms with Crippen molar-refractivity contribution in [2.45, 2.75) is 44.4 Å². The van der Waals surface area contributed by atoms with E-state index in [4.69, 9.17) is 28.4 Å². The highest BCUT2D eigenvalue weighted by Gasteiger charge is 2.36. The van der Waals surface area contributed by atoms with Gasteiger partial charge in [-0.25, -0.2) is 0 Å². The van der Waals surface area contributed by atoms with Gasteiger partial charge in [0, 0.05) is 25.4 Å². The summed E-state index contributed by atoms with van der Waals surface area (Å²) in [7, 11) is 3.35. The average Bonchev–Trinajstić information content (AvgIpc) is 3.09. The summed E-state index contributed by atoms with van der Waals surface area (Å²) in [6, 6.07) is 34.6. The van der Waals surface area contributed by atoms with Gasteiger partial charge < -0.3 is 33.7 Å². The quantitative estimate of drug-likeness (QED) is 0.147. The second-order valence-corrected chi connectivity index (χ2v) is 10.9. The van der Waals surface area contributed by atoms with Crippen molar-refractivity contribution in [1.82, 2.24) is 5.32 Å². The lowest BCUT2D eigenvalue weighted by Gasteiger charge is -2.39. The van der Waals surface area contributed by atoms with E-state index in [2.05, 4.69) is 29.6 Å². The highest BCUT2D eigenvalue weighted by Crippen LogP contribution is 2.32. The molecule has 232 valence electrons. The van der Waals surface area contributed by atoms with E-state index in [9.17, 15) is 0 Å². The molecule has 0 spiro atoms. The Bertz CT molecular complexity index is 1300. The zero-order valence-electron chi connectivity index (χ0n) is 25.7. The number of ether oxygens (including phenoxy) is 6. The Morgan fingerprint density at radius 1 is 0.568 bits per heavy atom. The number of rotatable bonds is 16. The fourth-order valence-corrected chi connectivity index (χ4v) is 5.37. The van der Waals surface area contributed by atoms with Gasteiger partial charge in [-0.2, -0.15) is 0 Å². The Balaban J connectivity index is 1.20. The Morgan fingerprint density at radius 2 is 1.09 bits per heavy atom. The number of benzene rings is 4. The number of piperidine rings is 1. The van der Waals surface area contributed by atoms with Gasteiger partial charge in [-0.1, -0.05) is 66.7 Å². The van der Waals surface area contributed by atoms with Crippen molar-refractivity contribution in [3.63, 3.8) is 0 Å². The molecule has 1 unspecified atom stereocenters. The van der Waals surface area contributed by atoms with Gasteiger partial charge in [0.2, 0.25) is 0 Å². The van der Waals surface area contributed by atoms with Crippen molar-refractivity contribution in [1.29, 1.82) is 0 Å². The van der Waals surface area contributed by atoms with Crippen LogP contribution in [0.1, 0.15) is 34.6 Å². The molecule has 0 radical (unpaired) electrons. The second-order valence-electron chi connectivity index (χ2n) is 10.9. The SMILES string of the molecule is COc1ccc(CO[C@H]2CNC[C@@H](OCc3ccc(OC)cc3)C2c2ccc(OCCCOCc3ccccc3)cc2)cc1. The van der Waals surface area contributed by atoms with Gasteiger partial charge in [-0.15, -0.1) is 0 Å². The summed E-state index contributed by atoms with van der Waals surface area (Å²) < 4.78 is 35.5. The first-order valence-corrected chi connectivity index (χ1v) is 15.3. The molecule has 0 amide bonds. The van der Waals surface area contributed by atoms with E-state index in [-0.39, 0.29) is 18.1 Å². The van der Waals surface area contributed by atoms with Crippen LogP contribution in [0.15, 0.2) is 103 Å². The summed E-state index contributed by atoms with van der Waals surface area (Å²) in [6.45, 7) is 4.37. The predicted octanol–water partition coefficient (Wildman–Crippen LogP) is 6.55. The second kappa shape index (κ2) is 16.8. The average molecular weight is 598 g/mol. The number of nitrogens with one attached hydrogen (secondary N) is 1. The smallest absolute Gasteiger partial charge is 0.119 e. The van der Waals surface area contributed by atoms with Gasteiger partial charge in [0.25, 0.3) is 0 Å². The first-order chi connectivity index (χ1) is 21.7. The minimum atomic E-state index is -0.0692. The lowest BCUT2D eigenvalue weighted by Crippen LogP contribution is -2.50. The molecular weight excluding hydrogens is 554 g/mol. The molecule has 1 aliphatic heterocycles. The fourth-order valence-electron chi connectivity index (χ4n) is 5.37. The Kier molecular flexibility index (Phi) is 12.1. The lowest BCUT2D eigenvalue weighted by atomic mass is 9.85. The summed E-state index contributed by atoms with van der Waals surface area (Å²) in [5.74, 6) is 2.56. The van der Waals surface area contributed by atoms with E-state index < -0.39 is 0 Å². The zero-order valence-corrected chi connectivity index (χ0v) is 25.7. The first-order valence-electron chi connectivity index (χ1n) is 15.3. The van der Waals surface area contributed by atoms with Crippen molar-refractivity contribution in [2.75, 3.05) is 40.5 Å². The van der Waals surface area contributed by atoms with Crippen LogP contribution in [0, 0.1) is 0 Å². The minimum absolute atomic E-state index is 0.0492. The van der Waals surface area contributed by atoms with Crippen LogP contribution in [-0.4, -0.2) is 52.7 Å². The van der Waals surface area contributed by atoms with Crippen LogP contribution < -0.4 is 19.5 Å². The van der Waals surface area contributed by atoms with E-state index in [0.717, 1.165) is 47.9 Å². The standard InChI is InChI=1S/C37H43NO6/c1-39-32-15-9-29(10-16-32)26-43-35-23-38-24-36(44-27-30-11-17-33(40-2)18-12-30)37(35)31-13-19-34(20-14-31)42-22-6-21-41-25-28-7-4-3-5-8-28/h3-5,7-20,35-38H,6,21-27H2,1-2H3/t35-,36+,37?. The third-order valence-corrected chi connectivity index (χ3v) is 7.82.